The van der Waals surface area contributed by atoms with Crippen molar-refractivity contribution < 1.29 is 42.2 Å². The Balaban J connectivity index is 0.000000980. The van der Waals surface area contributed by atoms with Crippen molar-refractivity contribution in [2.24, 2.45) is 5.73 Å². The molecule has 1 aromatic carbocycles. The summed E-state index contributed by atoms with van der Waals surface area (Å²) in [5.41, 5.74) is 6.26. The van der Waals surface area contributed by atoms with E-state index in [4.69, 9.17) is 15.2 Å². The van der Waals surface area contributed by atoms with Crippen LogP contribution in [0.4, 0.5) is 0 Å². The monoisotopic (exact) mass is 266 g/mol. The Bertz CT molecular complexity index is 317. The van der Waals surface area contributed by atoms with Crippen molar-refractivity contribution in [2.45, 2.75) is 6.10 Å². The molecule has 4 heteroatoms. The predicted molar refractivity (Wildman–Crippen MR) is 48.7 cm³/mol. The fraction of sp³-hybridized carbons (Fsp3) is 0.300. The van der Waals surface area contributed by atoms with Gasteiger partial charge in [-0.15, -0.1) is 6.07 Å². The molecule has 0 saturated heterocycles. The van der Waals surface area contributed by atoms with Gasteiger partial charge in [-0.3, -0.25) is 6.07 Å². The molecule has 1 radical (unpaired) electrons. The second-order valence-electron chi connectivity index (χ2n) is 2.96. The Morgan fingerprint density at radius 2 is 2.36 bits per heavy atom. The maximum atomic E-state index is 5.52. The molecule has 1 aliphatic rings. The molecule has 1 aromatic rings. The standard InChI is InChI=1S/C10H11NO2.Y/c1-7-2-3-9-10(4-7)13-8(5-11)6-12-9;/h2-3,8H,1,5-6,11H2;/q-2;/t8-;/m0./s1. The topological polar surface area (TPSA) is 44.5 Å². The second kappa shape index (κ2) is 5.01. The van der Waals surface area contributed by atoms with Crippen molar-refractivity contribution in [3.8, 4) is 11.5 Å². The van der Waals surface area contributed by atoms with Crippen molar-refractivity contribution in [3.05, 3.63) is 30.7 Å². The van der Waals surface area contributed by atoms with Gasteiger partial charge in [-0.2, -0.15) is 0 Å². The summed E-state index contributed by atoms with van der Waals surface area (Å²) in [5.74, 6) is 1.34. The summed E-state index contributed by atoms with van der Waals surface area (Å²) in [4.78, 5) is 0. The van der Waals surface area contributed by atoms with Crippen LogP contribution in [0, 0.1) is 13.0 Å². The van der Waals surface area contributed by atoms with Crippen LogP contribution in [0.15, 0.2) is 12.1 Å². The van der Waals surface area contributed by atoms with Crippen LogP contribution in [-0.4, -0.2) is 19.3 Å². The molecule has 0 spiro atoms. The molecule has 1 atom stereocenters. The number of hydrogen-bond donors (Lipinski definition) is 1. The van der Waals surface area contributed by atoms with Gasteiger partial charge >= 0.3 is 0 Å². The normalized spacial score (nSPS) is 18.5. The largest absolute Gasteiger partial charge is 0.508 e. The molecule has 0 fully saturated rings. The van der Waals surface area contributed by atoms with Gasteiger partial charge < -0.3 is 33.8 Å². The molecular formula is C10H11NO2Y-2. The first-order valence-electron chi connectivity index (χ1n) is 4.17. The van der Waals surface area contributed by atoms with Crippen LogP contribution in [0.3, 0.4) is 0 Å². The number of ether oxygens (including phenoxy) is 2. The van der Waals surface area contributed by atoms with Crippen LogP contribution in [0.5, 0.6) is 11.5 Å². The fourth-order valence-electron chi connectivity index (χ4n) is 1.20. The van der Waals surface area contributed by atoms with Gasteiger partial charge in [0.2, 0.25) is 0 Å². The Morgan fingerprint density at radius 3 is 3.07 bits per heavy atom. The van der Waals surface area contributed by atoms with E-state index in [-0.39, 0.29) is 38.8 Å². The third-order valence-electron chi connectivity index (χ3n) is 1.91. The summed E-state index contributed by atoms with van der Waals surface area (Å²) < 4.78 is 10.9. The van der Waals surface area contributed by atoms with Gasteiger partial charge in [0.05, 0.1) is 0 Å². The van der Waals surface area contributed by atoms with Crippen LogP contribution < -0.4 is 15.2 Å². The van der Waals surface area contributed by atoms with Crippen LogP contribution in [0.25, 0.3) is 0 Å². The molecule has 1 aliphatic heterocycles. The third-order valence-corrected chi connectivity index (χ3v) is 1.91. The fourth-order valence-corrected chi connectivity index (χ4v) is 1.20. The molecule has 0 unspecified atom stereocenters. The Kier molecular flexibility index (Phi) is 4.23. The average Bonchev–Trinajstić information content (AvgIpc) is 2.16. The van der Waals surface area contributed by atoms with Crippen LogP contribution in [-0.2, 0) is 32.7 Å². The molecule has 14 heavy (non-hydrogen) atoms. The number of hydrogen-bond acceptors (Lipinski definition) is 3. The van der Waals surface area contributed by atoms with Gasteiger partial charge in [0.25, 0.3) is 0 Å². The van der Waals surface area contributed by atoms with E-state index < -0.39 is 0 Å². The summed E-state index contributed by atoms with van der Waals surface area (Å²) in [6.07, 6.45) is -0.0643. The Morgan fingerprint density at radius 1 is 1.57 bits per heavy atom. The molecule has 0 saturated carbocycles. The minimum atomic E-state index is -0.0643. The van der Waals surface area contributed by atoms with E-state index in [1.165, 1.54) is 0 Å². The molecule has 0 bridgehead atoms. The summed E-state index contributed by atoms with van der Waals surface area (Å²) in [5, 5.41) is 0. The molecule has 1 heterocycles. The van der Waals surface area contributed by atoms with E-state index in [0.29, 0.717) is 18.9 Å². The first-order valence-corrected chi connectivity index (χ1v) is 4.17. The zero-order chi connectivity index (χ0) is 9.26. The van der Waals surface area contributed by atoms with Crippen molar-refractivity contribution in [1.82, 2.24) is 0 Å². The Labute approximate surface area is 109 Å². The molecule has 2 N–H and O–H groups in total. The third kappa shape index (κ3) is 2.41. The summed E-state index contributed by atoms with van der Waals surface area (Å²) in [7, 11) is 0. The smallest absolute Gasteiger partial charge is 0.142 e. The van der Waals surface area contributed by atoms with E-state index in [1.807, 2.05) is 12.1 Å². The summed E-state index contributed by atoms with van der Waals surface area (Å²) in [6, 6.07) is 6.65. The molecule has 0 aliphatic carbocycles. The summed E-state index contributed by atoms with van der Waals surface area (Å²) >= 11 is 0. The van der Waals surface area contributed by atoms with Gasteiger partial charge in [0.15, 0.2) is 0 Å². The Hall–Kier alpha value is -0.246. The molecule has 2 rings (SSSR count). The predicted octanol–water partition coefficient (Wildman–Crippen LogP) is 0.765. The van der Waals surface area contributed by atoms with E-state index >= 15 is 0 Å². The first kappa shape index (κ1) is 11.8. The zero-order valence-electron chi connectivity index (χ0n) is 7.82. The quantitative estimate of drug-likeness (QED) is 0.763. The van der Waals surface area contributed by atoms with Crippen molar-refractivity contribution in [3.63, 3.8) is 0 Å². The summed E-state index contributed by atoms with van der Waals surface area (Å²) in [6.45, 7) is 4.72. The molecule has 3 nitrogen and oxygen atoms in total. The maximum Gasteiger partial charge on any atom is 0.142 e. The number of nitrogens with two attached hydrogens (primary N) is 1. The molecule has 73 valence electrons. The second-order valence-corrected chi connectivity index (χ2v) is 2.96. The van der Waals surface area contributed by atoms with E-state index in [9.17, 15) is 0 Å². The van der Waals surface area contributed by atoms with Gasteiger partial charge in [0, 0.05) is 45.0 Å². The average molecular weight is 266 g/mol. The number of benzene rings is 1. The van der Waals surface area contributed by atoms with Crippen molar-refractivity contribution in [2.75, 3.05) is 13.2 Å². The molecule has 0 amide bonds. The van der Waals surface area contributed by atoms with Gasteiger partial charge in [-0.25, -0.2) is 0 Å². The minimum absolute atomic E-state index is 0. The zero-order valence-corrected chi connectivity index (χ0v) is 10.7. The van der Waals surface area contributed by atoms with Crippen LogP contribution in [0.2, 0.25) is 0 Å². The number of fused-ring (bicyclic) bond motifs is 1. The van der Waals surface area contributed by atoms with Gasteiger partial charge in [-0.1, -0.05) is 0 Å². The number of rotatable bonds is 1. The van der Waals surface area contributed by atoms with Gasteiger partial charge in [-0.05, 0) is 0 Å². The maximum absolute atomic E-state index is 5.52. The van der Waals surface area contributed by atoms with Crippen LogP contribution in [0.1, 0.15) is 5.56 Å². The first-order chi connectivity index (χ1) is 6.29. The van der Waals surface area contributed by atoms with E-state index in [1.54, 1.807) is 0 Å². The van der Waals surface area contributed by atoms with Crippen molar-refractivity contribution >= 4 is 0 Å². The molecule has 0 aromatic heterocycles. The van der Waals surface area contributed by atoms with E-state index in [2.05, 4.69) is 13.0 Å². The molecular weight excluding hydrogens is 255 g/mol. The SMILES string of the molecule is [CH2-]c1[c-]c2c(cc1)OC[C@H](CN)O2.[Y]. The van der Waals surface area contributed by atoms with Crippen LogP contribution >= 0.6 is 0 Å². The van der Waals surface area contributed by atoms with E-state index in [0.717, 1.165) is 11.3 Å². The minimum Gasteiger partial charge on any atom is -0.508 e. The van der Waals surface area contributed by atoms with Crippen molar-refractivity contribution in [1.29, 1.82) is 0 Å². The van der Waals surface area contributed by atoms with Gasteiger partial charge in [0.1, 0.15) is 18.5 Å².